The average molecular weight is 384 g/mol. The van der Waals surface area contributed by atoms with Crippen LogP contribution in [0.2, 0.25) is 0 Å². The second-order valence-corrected chi connectivity index (χ2v) is 7.36. The number of benzene rings is 2. The molecule has 2 aromatic rings. The Morgan fingerprint density at radius 1 is 1.15 bits per heavy atom. The predicted octanol–water partition coefficient (Wildman–Crippen LogP) is 6.13. The molecule has 0 heterocycles. The summed E-state index contributed by atoms with van der Waals surface area (Å²) in [6.07, 6.45) is 3.74. The standard InChI is InChI=1S/C23H26ClNO2/c1-16(2)8-13-22(18(4)24)23(26)25-15-19-9-11-20(12-10-19)27-21-7-5-6-17(3)14-21/h5-14,16H,15H2,1-4H3,(H,25,26)/b13-8-,22-18-. The number of hydrogen-bond donors (Lipinski definition) is 1. The summed E-state index contributed by atoms with van der Waals surface area (Å²) >= 11 is 6.06. The summed E-state index contributed by atoms with van der Waals surface area (Å²) in [7, 11) is 0. The number of amides is 1. The molecule has 0 unspecified atom stereocenters. The van der Waals surface area contributed by atoms with E-state index in [1.807, 2.05) is 61.5 Å². The fourth-order valence-electron chi connectivity index (χ4n) is 2.40. The van der Waals surface area contributed by atoms with Gasteiger partial charge in [0.25, 0.3) is 5.91 Å². The molecule has 27 heavy (non-hydrogen) atoms. The van der Waals surface area contributed by atoms with Crippen molar-refractivity contribution in [1.29, 1.82) is 0 Å². The van der Waals surface area contributed by atoms with Gasteiger partial charge >= 0.3 is 0 Å². The highest BCUT2D eigenvalue weighted by molar-refractivity contribution is 6.31. The molecule has 142 valence electrons. The second kappa shape index (κ2) is 9.98. The molecule has 2 rings (SSSR count). The van der Waals surface area contributed by atoms with Crippen LogP contribution in [0.25, 0.3) is 0 Å². The first-order valence-corrected chi connectivity index (χ1v) is 9.39. The maximum atomic E-state index is 12.4. The molecule has 2 aromatic carbocycles. The lowest BCUT2D eigenvalue weighted by Gasteiger charge is -2.09. The number of rotatable bonds is 7. The molecule has 0 saturated carbocycles. The number of aryl methyl sites for hydroxylation is 1. The lowest BCUT2D eigenvalue weighted by atomic mass is 10.1. The highest BCUT2D eigenvalue weighted by Gasteiger charge is 2.09. The van der Waals surface area contributed by atoms with Crippen molar-refractivity contribution in [3.8, 4) is 11.5 Å². The van der Waals surface area contributed by atoms with Crippen molar-refractivity contribution in [2.75, 3.05) is 0 Å². The molecule has 0 bridgehead atoms. The third kappa shape index (κ3) is 6.95. The first-order chi connectivity index (χ1) is 12.8. The van der Waals surface area contributed by atoms with Crippen LogP contribution in [-0.4, -0.2) is 5.91 Å². The van der Waals surface area contributed by atoms with Gasteiger partial charge in [0.15, 0.2) is 0 Å². The maximum absolute atomic E-state index is 12.4. The monoisotopic (exact) mass is 383 g/mol. The van der Waals surface area contributed by atoms with Gasteiger partial charge in [-0.15, -0.1) is 0 Å². The van der Waals surface area contributed by atoms with Crippen LogP contribution in [-0.2, 0) is 11.3 Å². The van der Waals surface area contributed by atoms with Crippen LogP contribution in [0, 0.1) is 12.8 Å². The quantitative estimate of drug-likeness (QED) is 0.461. The molecule has 1 amide bonds. The molecule has 4 heteroatoms. The van der Waals surface area contributed by atoms with Crippen molar-refractivity contribution in [3.05, 3.63) is 82.4 Å². The summed E-state index contributed by atoms with van der Waals surface area (Å²) in [4.78, 5) is 12.4. The van der Waals surface area contributed by atoms with Crippen LogP contribution in [0.4, 0.5) is 0 Å². The van der Waals surface area contributed by atoms with Crippen molar-refractivity contribution >= 4 is 17.5 Å². The smallest absolute Gasteiger partial charge is 0.252 e. The van der Waals surface area contributed by atoms with E-state index < -0.39 is 0 Å². The van der Waals surface area contributed by atoms with Crippen LogP contribution in [0.15, 0.2) is 71.3 Å². The van der Waals surface area contributed by atoms with E-state index >= 15 is 0 Å². The summed E-state index contributed by atoms with van der Waals surface area (Å²) in [5.74, 6) is 1.73. The first kappa shape index (κ1) is 20.8. The van der Waals surface area contributed by atoms with Crippen molar-refractivity contribution < 1.29 is 9.53 Å². The van der Waals surface area contributed by atoms with Gasteiger partial charge in [0.2, 0.25) is 0 Å². The SMILES string of the molecule is C/C(Cl)=C(\C=C/C(C)C)C(=O)NCc1ccc(Oc2cccc(C)c2)cc1. The van der Waals surface area contributed by atoms with Gasteiger partial charge < -0.3 is 10.1 Å². The Bertz CT molecular complexity index is 832. The number of halogens is 1. The number of carbonyl (C=O) groups excluding carboxylic acids is 1. The lowest BCUT2D eigenvalue weighted by Crippen LogP contribution is -2.24. The van der Waals surface area contributed by atoms with Gasteiger partial charge in [-0.25, -0.2) is 0 Å². The van der Waals surface area contributed by atoms with Gasteiger partial charge in [-0.1, -0.05) is 61.9 Å². The Balaban J connectivity index is 1.96. The molecule has 1 N–H and O–H groups in total. The Hall–Kier alpha value is -2.52. The van der Waals surface area contributed by atoms with Gasteiger partial charge in [0, 0.05) is 11.6 Å². The molecule has 3 nitrogen and oxygen atoms in total. The van der Waals surface area contributed by atoms with Crippen molar-refractivity contribution in [2.24, 2.45) is 5.92 Å². The molecule has 0 aromatic heterocycles. The Kier molecular flexibility index (Phi) is 7.68. The fourth-order valence-corrected chi connectivity index (χ4v) is 2.55. The molecule has 0 aliphatic rings. The van der Waals surface area contributed by atoms with Crippen molar-refractivity contribution in [2.45, 2.75) is 34.2 Å². The van der Waals surface area contributed by atoms with Crippen LogP contribution in [0.3, 0.4) is 0 Å². The minimum Gasteiger partial charge on any atom is -0.457 e. The minimum absolute atomic E-state index is 0.181. The van der Waals surface area contributed by atoms with E-state index in [-0.39, 0.29) is 5.91 Å². The highest BCUT2D eigenvalue weighted by Crippen LogP contribution is 2.22. The number of hydrogen-bond acceptors (Lipinski definition) is 2. The average Bonchev–Trinajstić information content (AvgIpc) is 2.61. The summed E-state index contributed by atoms with van der Waals surface area (Å²) in [6, 6.07) is 15.6. The first-order valence-electron chi connectivity index (χ1n) is 9.01. The number of ether oxygens (including phenoxy) is 1. The lowest BCUT2D eigenvalue weighted by molar-refractivity contribution is -0.117. The van der Waals surface area contributed by atoms with Crippen LogP contribution in [0.5, 0.6) is 11.5 Å². The Morgan fingerprint density at radius 3 is 2.44 bits per heavy atom. The van der Waals surface area contributed by atoms with Gasteiger partial charge in [0.05, 0.1) is 5.57 Å². The topological polar surface area (TPSA) is 38.3 Å². The minimum atomic E-state index is -0.181. The van der Waals surface area contributed by atoms with Crippen molar-refractivity contribution in [1.82, 2.24) is 5.32 Å². The Morgan fingerprint density at radius 2 is 1.85 bits per heavy atom. The zero-order chi connectivity index (χ0) is 19.8. The number of allylic oxidation sites excluding steroid dienone is 2. The van der Waals surface area contributed by atoms with Gasteiger partial charge in [-0.2, -0.15) is 0 Å². The van der Waals surface area contributed by atoms with Crippen LogP contribution in [0.1, 0.15) is 31.9 Å². The van der Waals surface area contributed by atoms with E-state index in [2.05, 4.69) is 19.2 Å². The Labute approximate surface area is 166 Å². The highest BCUT2D eigenvalue weighted by atomic mass is 35.5. The van der Waals surface area contributed by atoms with Crippen molar-refractivity contribution in [3.63, 3.8) is 0 Å². The molecule has 0 spiro atoms. The third-order valence-corrected chi connectivity index (χ3v) is 4.07. The predicted molar refractivity (Wildman–Crippen MR) is 112 cm³/mol. The molecular formula is C23H26ClNO2. The summed E-state index contributed by atoms with van der Waals surface area (Å²) < 4.78 is 5.84. The van der Waals surface area contributed by atoms with E-state index in [0.717, 1.165) is 22.6 Å². The molecular weight excluding hydrogens is 358 g/mol. The van der Waals surface area contributed by atoms with E-state index in [1.54, 1.807) is 13.0 Å². The van der Waals surface area contributed by atoms with Gasteiger partial charge in [-0.3, -0.25) is 4.79 Å². The van der Waals surface area contributed by atoms with E-state index in [0.29, 0.717) is 23.1 Å². The summed E-state index contributed by atoms with van der Waals surface area (Å²) in [5, 5.41) is 3.39. The maximum Gasteiger partial charge on any atom is 0.252 e. The molecule has 0 radical (unpaired) electrons. The zero-order valence-corrected chi connectivity index (χ0v) is 17.0. The molecule has 0 atom stereocenters. The van der Waals surface area contributed by atoms with E-state index in [1.165, 1.54) is 0 Å². The fraction of sp³-hybridized carbons (Fsp3) is 0.261. The van der Waals surface area contributed by atoms with Gasteiger partial charge in [0.1, 0.15) is 11.5 Å². The van der Waals surface area contributed by atoms with E-state index in [4.69, 9.17) is 16.3 Å². The zero-order valence-electron chi connectivity index (χ0n) is 16.3. The molecule has 0 saturated heterocycles. The summed E-state index contributed by atoms with van der Waals surface area (Å²) in [5.41, 5.74) is 2.63. The largest absolute Gasteiger partial charge is 0.457 e. The molecule has 0 aliphatic heterocycles. The van der Waals surface area contributed by atoms with Crippen LogP contribution >= 0.6 is 11.6 Å². The normalized spacial score (nSPS) is 12.2. The number of carbonyl (C=O) groups is 1. The van der Waals surface area contributed by atoms with E-state index in [9.17, 15) is 4.79 Å². The second-order valence-electron chi connectivity index (χ2n) is 6.80. The van der Waals surface area contributed by atoms with Gasteiger partial charge in [-0.05, 0) is 55.2 Å². The third-order valence-electron chi connectivity index (χ3n) is 3.87. The number of nitrogens with one attached hydrogen (secondary N) is 1. The molecule has 0 aliphatic carbocycles. The summed E-state index contributed by atoms with van der Waals surface area (Å²) in [6.45, 7) is 8.28. The van der Waals surface area contributed by atoms with Crippen LogP contribution < -0.4 is 10.1 Å². The molecule has 0 fully saturated rings.